The van der Waals surface area contributed by atoms with Gasteiger partial charge in [-0.3, -0.25) is 9.59 Å². The van der Waals surface area contributed by atoms with Crippen LogP contribution in [0.3, 0.4) is 0 Å². The Morgan fingerprint density at radius 2 is 1.68 bits per heavy atom. The van der Waals surface area contributed by atoms with Crippen LogP contribution in [0.25, 0.3) is 21.9 Å². The van der Waals surface area contributed by atoms with Gasteiger partial charge in [0.1, 0.15) is 16.9 Å². The molecule has 1 N–H and O–H groups in total. The van der Waals surface area contributed by atoms with E-state index in [2.05, 4.69) is 5.32 Å². The van der Waals surface area contributed by atoms with Crippen LogP contribution in [0, 0.1) is 0 Å². The van der Waals surface area contributed by atoms with Crippen LogP contribution < -0.4 is 10.1 Å². The number of fused-ring (bicyclic) bond motifs is 3. The molecule has 0 radical (unpaired) electrons. The molecule has 3 aromatic carbocycles. The van der Waals surface area contributed by atoms with E-state index in [9.17, 15) is 9.59 Å². The highest BCUT2D eigenvalue weighted by molar-refractivity contribution is 6.33. The molecular weight excluding hydrogens is 378 g/mol. The molecule has 0 saturated heterocycles. The van der Waals surface area contributed by atoms with Crippen LogP contribution in [0.1, 0.15) is 16.8 Å². The van der Waals surface area contributed by atoms with Crippen LogP contribution >= 0.6 is 11.6 Å². The number of hydrogen-bond donors (Lipinski definition) is 1. The first-order valence-electron chi connectivity index (χ1n) is 8.76. The first-order chi connectivity index (χ1) is 13.6. The van der Waals surface area contributed by atoms with Crippen LogP contribution in [0.5, 0.6) is 5.75 Å². The lowest BCUT2D eigenvalue weighted by Crippen LogP contribution is -2.27. The lowest BCUT2D eigenvalue weighted by Gasteiger charge is -2.07. The number of halogens is 1. The lowest BCUT2D eigenvalue weighted by atomic mass is 10.1. The van der Waals surface area contributed by atoms with Crippen LogP contribution in [0.15, 0.2) is 71.1 Å². The number of benzene rings is 3. The topological polar surface area (TPSA) is 68.5 Å². The molecule has 28 heavy (non-hydrogen) atoms. The second-order valence-electron chi connectivity index (χ2n) is 6.22. The molecule has 4 aromatic rings. The van der Waals surface area contributed by atoms with E-state index in [1.54, 1.807) is 42.5 Å². The summed E-state index contributed by atoms with van der Waals surface area (Å²) >= 11 is 5.99. The van der Waals surface area contributed by atoms with Crippen molar-refractivity contribution in [2.45, 2.75) is 6.42 Å². The van der Waals surface area contributed by atoms with Gasteiger partial charge in [0.2, 0.25) is 0 Å². The van der Waals surface area contributed by atoms with Gasteiger partial charge < -0.3 is 14.5 Å². The van der Waals surface area contributed by atoms with Gasteiger partial charge in [-0.2, -0.15) is 0 Å². The van der Waals surface area contributed by atoms with Gasteiger partial charge >= 0.3 is 5.97 Å². The highest BCUT2D eigenvalue weighted by Crippen LogP contribution is 2.31. The van der Waals surface area contributed by atoms with E-state index in [1.165, 1.54) is 0 Å². The summed E-state index contributed by atoms with van der Waals surface area (Å²) in [5.41, 5.74) is 1.88. The second kappa shape index (κ2) is 7.74. The number of esters is 1. The zero-order valence-electron chi connectivity index (χ0n) is 14.8. The molecule has 1 aromatic heterocycles. The van der Waals surface area contributed by atoms with Crippen LogP contribution in [0.4, 0.5) is 0 Å². The molecule has 0 aliphatic rings. The van der Waals surface area contributed by atoms with E-state index in [4.69, 9.17) is 20.8 Å². The molecule has 1 amide bonds. The fourth-order valence-electron chi connectivity index (χ4n) is 2.97. The molecule has 5 nitrogen and oxygen atoms in total. The van der Waals surface area contributed by atoms with Gasteiger partial charge in [-0.05, 0) is 36.4 Å². The van der Waals surface area contributed by atoms with Crippen LogP contribution in [-0.2, 0) is 4.79 Å². The van der Waals surface area contributed by atoms with Crippen molar-refractivity contribution in [2.24, 2.45) is 0 Å². The van der Waals surface area contributed by atoms with Gasteiger partial charge in [0, 0.05) is 17.3 Å². The lowest BCUT2D eigenvalue weighted by molar-refractivity contribution is -0.134. The van der Waals surface area contributed by atoms with Crippen molar-refractivity contribution in [3.8, 4) is 5.75 Å². The maximum Gasteiger partial charge on any atom is 0.312 e. The summed E-state index contributed by atoms with van der Waals surface area (Å²) in [5.74, 6) is -0.335. The molecule has 0 fully saturated rings. The first kappa shape index (κ1) is 18.1. The minimum absolute atomic E-state index is 0.0420. The molecule has 0 aliphatic carbocycles. The number of carbonyl (C=O) groups excluding carboxylic acids is 2. The minimum Gasteiger partial charge on any atom is -0.456 e. The maximum atomic E-state index is 12.1. The summed E-state index contributed by atoms with van der Waals surface area (Å²) < 4.78 is 11.2. The smallest absolute Gasteiger partial charge is 0.312 e. The summed E-state index contributed by atoms with van der Waals surface area (Å²) in [4.78, 5) is 24.2. The Bertz CT molecular complexity index is 1180. The molecule has 0 bridgehead atoms. The van der Waals surface area contributed by atoms with Gasteiger partial charge in [-0.25, -0.2) is 0 Å². The Morgan fingerprint density at radius 3 is 2.54 bits per heavy atom. The van der Waals surface area contributed by atoms with E-state index in [0.29, 0.717) is 16.3 Å². The van der Waals surface area contributed by atoms with E-state index >= 15 is 0 Å². The third-order valence-corrected chi connectivity index (χ3v) is 4.64. The summed E-state index contributed by atoms with van der Waals surface area (Å²) in [7, 11) is 0. The summed E-state index contributed by atoms with van der Waals surface area (Å²) in [6, 6.07) is 19.7. The molecule has 0 unspecified atom stereocenters. The van der Waals surface area contributed by atoms with Gasteiger partial charge in [0.25, 0.3) is 5.91 Å². The third-order valence-electron chi connectivity index (χ3n) is 4.31. The predicted molar refractivity (Wildman–Crippen MR) is 108 cm³/mol. The number of para-hydroxylation sites is 1. The molecular formula is C22H16ClNO4. The normalized spacial score (nSPS) is 10.9. The molecule has 6 heteroatoms. The van der Waals surface area contributed by atoms with Crippen molar-refractivity contribution < 1.29 is 18.7 Å². The number of furan rings is 1. The number of amides is 1. The number of rotatable bonds is 5. The Morgan fingerprint density at radius 1 is 0.929 bits per heavy atom. The average molecular weight is 394 g/mol. The van der Waals surface area contributed by atoms with Crippen LogP contribution in [-0.4, -0.2) is 18.4 Å². The SMILES string of the molecule is O=C(CCNC(=O)c1ccccc1Cl)Oc1ccc2oc3ccccc3c2c1. The van der Waals surface area contributed by atoms with Crippen molar-refractivity contribution in [2.75, 3.05) is 6.54 Å². The van der Waals surface area contributed by atoms with Crippen molar-refractivity contribution in [3.05, 3.63) is 77.3 Å². The Kier molecular flexibility index (Phi) is 5.00. The average Bonchev–Trinajstić information content (AvgIpc) is 3.06. The molecule has 140 valence electrons. The number of nitrogens with one attached hydrogen (secondary N) is 1. The summed E-state index contributed by atoms with van der Waals surface area (Å²) in [6.07, 6.45) is 0.0420. The quantitative estimate of drug-likeness (QED) is 0.384. The third kappa shape index (κ3) is 3.70. The van der Waals surface area contributed by atoms with Gasteiger partial charge in [0.15, 0.2) is 0 Å². The minimum atomic E-state index is -0.438. The zero-order chi connectivity index (χ0) is 19.5. The van der Waals surface area contributed by atoms with Crippen molar-refractivity contribution >= 4 is 45.4 Å². The van der Waals surface area contributed by atoms with Crippen LogP contribution in [0.2, 0.25) is 5.02 Å². The standard InChI is InChI=1S/C22H16ClNO4/c23-18-7-3-1-6-16(18)22(26)24-12-11-21(25)27-14-9-10-20-17(13-14)15-5-2-4-8-19(15)28-20/h1-10,13H,11-12H2,(H,24,26). The Hall–Kier alpha value is -3.31. The highest BCUT2D eigenvalue weighted by atomic mass is 35.5. The van der Waals surface area contributed by atoms with Crippen molar-refractivity contribution in [3.63, 3.8) is 0 Å². The first-order valence-corrected chi connectivity index (χ1v) is 9.14. The molecule has 4 rings (SSSR count). The van der Waals surface area contributed by atoms with E-state index in [0.717, 1.165) is 21.9 Å². The number of ether oxygens (including phenoxy) is 1. The number of hydrogen-bond acceptors (Lipinski definition) is 4. The fourth-order valence-corrected chi connectivity index (χ4v) is 3.19. The van der Waals surface area contributed by atoms with E-state index in [1.807, 2.05) is 24.3 Å². The maximum absolute atomic E-state index is 12.1. The summed E-state index contributed by atoms with van der Waals surface area (Å²) in [5, 5.41) is 4.87. The van der Waals surface area contributed by atoms with Gasteiger partial charge in [0.05, 0.1) is 17.0 Å². The fraction of sp³-hybridized carbons (Fsp3) is 0.0909. The second-order valence-corrected chi connectivity index (χ2v) is 6.62. The molecule has 0 atom stereocenters. The molecule has 0 aliphatic heterocycles. The molecule has 0 spiro atoms. The highest BCUT2D eigenvalue weighted by Gasteiger charge is 2.12. The predicted octanol–water partition coefficient (Wildman–Crippen LogP) is 4.96. The molecule has 0 saturated carbocycles. The van der Waals surface area contributed by atoms with Crippen molar-refractivity contribution in [1.82, 2.24) is 5.32 Å². The van der Waals surface area contributed by atoms with Crippen molar-refractivity contribution in [1.29, 1.82) is 0 Å². The Balaban J connectivity index is 1.38. The Labute approximate surface area is 165 Å². The molecule has 1 heterocycles. The monoisotopic (exact) mass is 393 g/mol. The zero-order valence-corrected chi connectivity index (χ0v) is 15.5. The van der Waals surface area contributed by atoms with Gasteiger partial charge in [-0.1, -0.05) is 41.9 Å². The summed E-state index contributed by atoms with van der Waals surface area (Å²) in [6.45, 7) is 0.153. The van der Waals surface area contributed by atoms with E-state index < -0.39 is 5.97 Å². The van der Waals surface area contributed by atoms with Gasteiger partial charge in [-0.15, -0.1) is 0 Å². The van der Waals surface area contributed by atoms with E-state index in [-0.39, 0.29) is 18.9 Å². The largest absolute Gasteiger partial charge is 0.456 e. The number of carbonyl (C=O) groups is 2.